The summed E-state index contributed by atoms with van der Waals surface area (Å²) in [5, 5.41) is 14.2. The zero-order valence-corrected chi connectivity index (χ0v) is 12.6. The summed E-state index contributed by atoms with van der Waals surface area (Å²) in [7, 11) is 0. The molecule has 0 aliphatic rings. The lowest BCUT2D eigenvalue weighted by molar-refractivity contribution is -0.124. The number of hydrogen-bond donors (Lipinski definition) is 3. The van der Waals surface area contributed by atoms with E-state index >= 15 is 0 Å². The molecule has 2 atom stereocenters. The summed E-state index contributed by atoms with van der Waals surface area (Å²) < 4.78 is 5.11. The van der Waals surface area contributed by atoms with Crippen LogP contribution in [0.2, 0.25) is 0 Å². The number of aliphatic hydroxyl groups is 1. The van der Waals surface area contributed by atoms with E-state index in [1.807, 2.05) is 13.8 Å². The first kappa shape index (κ1) is 17.7. The Balaban J connectivity index is 4.49. The average molecular weight is 274 g/mol. The molecule has 0 heterocycles. The molecule has 0 aromatic heterocycles. The minimum atomic E-state index is -0.686. The normalized spacial score (nSPS) is 14.7. The molecule has 0 saturated carbocycles. The van der Waals surface area contributed by atoms with Gasteiger partial charge in [0.15, 0.2) is 0 Å². The number of alkyl carbamates (subject to hydrolysis) is 1. The molecule has 112 valence electrons. The molecule has 0 aliphatic carbocycles. The maximum Gasteiger partial charge on any atom is 0.408 e. The van der Waals surface area contributed by atoms with Gasteiger partial charge in [0.1, 0.15) is 11.6 Å². The van der Waals surface area contributed by atoms with E-state index in [4.69, 9.17) is 9.84 Å². The summed E-state index contributed by atoms with van der Waals surface area (Å²) in [4.78, 5) is 23.6. The topological polar surface area (TPSA) is 87.7 Å². The summed E-state index contributed by atoms with van der Waals surface area (Å²) in [5.74, 6) is -0.414. The van der Waals surface area contributed by atoms with E-state index < -0.39 is 23.8 Å². The minimum absolute atomic E-state index is 0.0819. The highest BCUT2D eigenvalue weighted by Gasteiger charge is 2.26. The van der Waals surface area contributed by atoms with Crippen molar-refractivity contribution in [3.63, 3.8) is 0 Å². The van der Waals surface area contributed by atoms with Gasteiger partial charge in [-0.05, 0) is 33.6 Å². The van der Waals surface area contributed by atoms with E-state index in [1.54, 1.807) is 27.7 Å². The van der Waals surface area contributed by atoms with Crippen LogP contribution in [0.3, 0.4) is 0 Å². The second-order valence-corrected chi connectivity index (χ2v) is 5.96. The second-order valence-electron chi connectivity index (χ2n) is 5.96. The van der Waals surface area contributed by atoms with Crippen LogP contribution in [0.4, 0.5) is 4.79 Å². The van der Waals surface area contributed by atoms with Gasteiger partial charge in [0, 0.05) is 6.54 Å². The van der Waals surface area contributed by atoms with Crippen molar-refractivity contribution in [3.05, 3.63) is 0 Å². The molecule has 6 nitrogen and oxygen atoms in total. The maximum absolute atomic E-state index is 11.9. The van der Waals surface area contributed by atoms with E-state index in [1.165, 1.54) is 0 Å². The Kier molecular flexibility index (Phi) is 6.83. The van der Waals surface area contributed by atoms with Gasteiger partial charge in [0.25, 0.3) is 0 Å². The molecule has 0 aromatic rings. The van der Waals surface area contributed by atoms with E-state index in [9.17, 15) is 9.59 Å². The molecule has 19 heavy (non-hydrogen) atoms. The van der Waals surface area contributed by atoms with Gasteiger partial charge in [-0.25, -0.2) is 4.79 Å². The number of carbonyl (C=O) groups excluding carboxylic acids is 2. The van der Waals surface area contributed by atoms with Gasteiger partial charge in [-0.15, -0.1) is 0 Å². The SMILES string of the molecule is CC(O)CNC(=O)C(NC(=O)OC(C)(C)C)C(C)C. The van der Waals surface area contributed by atoms with Crippen molar-refractivity contribution in [1.29, 1.82) is 0 Å². The fourth-order valence-electron chi connectivity index (χ4n) is 1.33. The molecule has 0 fully saturated rings. The van der Waals surface area contributed by atoms with Gasteiger partial charge in [-0.1, -0.05) is 13.8 Å². The number of carbonyl (C=O) groups is 2. The zero-order chi connectivity index (χ0) is 15.2. The first-order valence-corrected chi connectivity index (χ1v) is 6.48. The van der Waals surface area contributed by atoms with Crippen molar-refractivity contribution < 1.29 is 19.4 Å². The third kappa shape index (κ3) is 8.42. The van der Waals surface area contributed by atoms with Gasteiger partial charge in [-0.2, -0.15) is 0 Å². The van der Waals surface area contributed by atoms with Crippen molar-refractivity contribution in [1.82, 2.24) is 10.6 Å². The van der Waals surface area contributed by atoms with Crippen molar-refractivity contribution in [2.24, 2.45) is 5.92 Å². The first-order valence-electron chi connectivity index (χ1n) is 6.48. The predicted molar refractivity (Wildman–Crippen MR) is 72.7 cm³/mol. The molecule has 0 radical (unpaired) electrons. The Labute approximate surface area is 114 Å². The van der Waals surface area contributed by atoms with Crippen molar-refractivity contribution >= 4 is 12.0 Å². The highest BCUT2D eigenvalue weighted by atomic mass is 16.6. The van der Waals surface area contributed by atoms with Gasteiger partial charge in [0.05, 0.1) is 6.10 Å². The molecule has 2 unspecified atom stereocenters. The number of aliphatic hydroxyl groups excluding tert-OH is 1. The van der Waals surface area contributed by atoms with Crippen LogP contribution >= 0.6 is 0 Å². The Hall–Kier alpha value is -1.30. The molecular formula is C13H26N2O4. The number of amides is 2. The van der Waals surface area contributed by atoms with Crippen molar-refractivity contribution in [3.8, 4) is 0 Å². The number of nitrogens with one attached hydrogen (secondary N) is 2. The Morgan fingerprint density at radius 2 is 1.74 bits per heavy atom. The molecule has 0 rings (SSSR count). The van der Waals surface area contributed by atoms with Crippen LogP contribution in [-0.2, 0) is 9.53 Å². The highest BCUT2D eigenvalue weighted by molar-refractivity contribution is 5.85. The molecule has 0 bridgehead atoms. The molecule has 0 aromatic carbocycles. The zero-order valence-electron chi connectivity index (χ0n) is 12.6. The lowest BCUT2D eigenvalue weighted by Gasteiger charge is -2.25. The molecule has 0 saturated heterocycles. The number of ether oxygens (including phenoxy) is 1. The van der Waals surface area contributed by atoms with Gasteiger partial charge in [0.2, 0.25) is 5.91 Å². The van der Waals surface area contributed by atoms with Crippen LogP contribution in [0, 0.1) is 5.92 Å². The van der Waals surface area contributed by atoms with Crippen LogP contribution in [-0.4, -0.2) is 41.4 Å². The summed E-state index contributed by atoms with van der Waals surface area (Å²) in [6.45, 7) is 10.6. The standard InChI is InChI=1S/C13H26N2O4/c1-8(2)10(11(17)14-7-9(3)16)15-12(18)19-13(4,5)6/h8-10,16H,7H2,1-6H3,(H,14,17)(H,15,18). The van der Waals surface area contributed by atoms with Gasteiger partial charge in [-0.3, -0.25) is 4.79 Å². The largest absolute Gasteiger partial charge is 0.444 e. The molecule has 0 spiro atoms. The lowest BCUT2D eigenvalue weighted by atomic mass is 10.0. The van der Waals surface area contributed by atoms with E-state index in [-0.39, 0.29) is 18.4 Å². The third-order valence-corrected chi connectivity index (χ3v) is 2.19. The van der Waals surface area contributed by atoms with Crippen LogP contribution < -0.4 is 10.6 Å². The summed E-state index contributed by atoms with van der Waals surface area (Å²) in [6, 6.07) is -0.686. The summed E-state index contributed by atoms with van der Waals surface area (Å²) >= 11 is 0. The number of hydrogen-bond acceptors (Lipinski definition) is 4. The quantitative estimate of drug-likeness (QED) is 0.699. The van der Waals surface area contributed by atoms with Crippen LogP contribution in [0.5, 0.6) is 0 Å². The average Bonchev–Trinajstić information content (AvgIpc) is 2.19. The molecule has 2 amide bonds. The summed E-state index contributed by atoms with van der Waals surface area (Å²) in [6.07, 6.45) is -1.25. The summed E-state index contributed by atoms with van der Waals surface area (Å²) in [5.41, 5.74) is -0.609. The third-order valence-electron chi connectivity index (χ3n) is 2.19. The molecular weight excluding hydrogens is 248 g/mol. The highest BCUT2D eigenvalue weighted by Crippen LogP contribution is 2.08. The first-order chi connectivity index (χ1) is 8.53. The minimum Gasteiger partial charge on any atom is -0.444 e. The molecule has 0 aliphatic heterocycles. The van der Waals surface area contributed by atoms with Crippen LogP contribution in [0.25, 0.3) is 0 Å². The van der Waals surface area contributed by atoms with E-state index in [0.29, 0.717) is 0 Å². The fraction of sp³-hybridized carbons (Fsp3) is 0.846. The maximum atomic E-state index is 11.9. The lowest BCUT2D eigenvalue weighted by Crippen LogP contribution is -2.51. The smallest absolute Gasteiger partial charge is 0.408 e. The van der Waals surface area contributed by atoms with E-state index in [2.05, 4.69) is 10.6 Å². The van der Waals surface area contributed by atoms with Crippen molar-refractivity contribution in [2.75, 3.05) is 6.54 Å². The Morgan fingerprint density at radius 3 is 2.11 bits per heavy atom. The van der Waals surface area contributed by atoms with Gasteiger partial charge >= 0.3 is 6.09 Å². The molecule has 3 N–H and O–H groups in total. The second kappa shape index (κ2) is 7.33. The fourth-order valence-corrected chi connectivity index (χ4v) is 1.33. The van der Waals surface area contributed by atoms with Crippen LogP contribution in [0.15, 0.2) is 0 Å². The predicted octanol–water partition coefficient (Wildman–Crippen LogP) is 1.03. The van der Waals surface area contributed by atoms with Crippen molar-refractivity contribution in [2.45, 2.75) is 59.3 Å². The van der Waals surface area contributed by atoms with Crippen LogP contribution in [0.1, 0.15) is 41.5 Å². The Morgan fingerprint density at radius 1 is 1.21 bits per heavy atom. The van der Waals surface area contributed by atoms with Gasteiger partial charge < -0.3 is 20.5 Å². The monoisotopic (exact) mass is 274 g/mol. The number of rotatable bonds is 5. The van der Waals surface area contributed by atoms with E-state index in [0.717, 1.165) is 0 Å². The molecule has 6 heteroatoms. The Bertz CT molecular complexity index is 308.